The lowest BCUT2D eigenvalue weighted by atomic mass is 9.89. The van der Waals surface area contributed by atoms with Crippen LogP contribution in [0, 0.1) is 17.2 Å². The molecule has 0 saturated heterocycles. The minimum atomic E-state index is -0.718. The van der Waals surface area contributed by atoms with Gasteiger partial charge in [-0.2, -0.15) is 5.26 Å². The van der Waals surface area contributed by atoms with Crippen molar-refractivity contribution in [3.63, 3.8) is 0 Å². The number of hydrogen-bond acceptors (Lipinski definition) is 6. The first-order valence-electron chi connectivity index (χ1n) is 9.31. The molecule has 2 amide bonds. The lowest BCUT2D eigenvalue weighted by Crippen LogP contribution is -2.32. The Kier molecular flexibility index (Phi) is 6.62. The molecule has 0 spiro atoms. The molecule has 0 unspecified atom stereocenters. The monoisotopic (exact) mass is 411 g/mol. The molecule has 29 heavy (non-hydrogen) atoms. The van der Waals surface area contributed by atoms with Gasteiger partial charge in [-0.15, -0.1) is 11.3 Å². The fourth-order valence-corrected chi connectivity index (χ4v) is 4.54. The number of rotatable bonds is 6. The van der Waals surface area contributed by atoms with Gasteiger partial charge in [-0.1, -0.05) is 25.1 Å². The topological polar surface area (TPSA) is 108 Å². The summed E-state index contributed by atoms with van der Waals surface area (Å²) in [5.41, 5.74) is 1.95. The van der Waals surface area contributed by atoms with Crippen LogP contribution >= 0.6 is 11.3 Å². The second-order valence-corrected chi connectivity index (χ2v) is 8.03. The largest absolute Gasteiger partial charge is 0.454 e. The number of nitrogens with one attached hydrogen (secondary N) is 2. The van der Waals surface area contributed by atoms with Gasteiger partial charge in [-0.3, -0.25) is 14.4 Å². The number of carbonyl (C=O) groups is 3. The number of anilines is 1. The summed E-state index contributed by atoms with van der Waals surface area (Å²) in [5, 5.41) is 15.1. The van der Waals surface area contributed by atoms with Crippen molar-refractivity contribution in [2.45, 2.75) is 26.2 Å². The molecule has 3 rings (SSSR count). The summed E-state index contributed by atoms with van der Waals surface area (Å²) in [6, 6.07) is 10.7. The van der Waals surface area contributed by atoms with Gasteiger partial charge in [0, 0.05) is 10.4 Å². The summed E-state index contributed by atoms with van der Waals surface area (Å²) in [6.07, 6.45) is 2.76. The lowest BCUT2D eigenvalue weighted by molar-refractivity contribution is -0.146. The zero-order chi connectivity index (χ0) is 20.8. The Balaban J connectivity index is 1.48. The fraction of sp³-hybridized carbons (Fsp3) is 0.333. The first kappa shape index (κ1) is 20.6. The normalized spacial score (nSPS) is 15.0. The molecular formula is C21H21N3O4S. The van der Waals surface area contributed by atoms with Crippen LogP contribution in [-0.4, -0.2) is 30.9 Å². The molecule has 1 heterocycles. The van der Waals surface area contributed by atoms with Gasteiger partial charge >= 0.3 is 5.97 Å². The third-order valence-electron chi connectivity index (χ3n) is 4.67. The van der Waals surface area contributed by atoms with E-state index in [1.807, 2.05) is 0 Å². The van der Waals surface area contributed by atoms with Crippen LogP contribution in [0.15, 0.2) is 30.3 Å². The molecule has 0 saturated carbocycles. The van der Waals surface area contributed by atoms with Crippen molar-refractivity contribution >= 4 is 34.1 Å². The number of thiophene rings is 1. The van der Waals surface area contributed by atoms with Crippen LogP contribution in [0.5, 0.6) is 0 Å². The minimum Gasteiger partial charge on any atom is -0.454 e. The molecular weight excluding hydrogens is 390 g/mol. The van der Waals surface area contributed by atoms with E-state index in [0.29, 0.717) is 22.0 Å². The molecule has 7 nitrogen and oxygen atoms in total. The number of nitriles is 1. The number of nitrogens with zero attached hydrogens (tertiary/aromatic N) is 1. The molecule has 1 aliphatic carbocycles. The highest BCUT2D eigenvalue weighted by atomic mass is 32.1. The summed E-state index contributed by atoms with van der Waals surface area (Å²) in [5.74, 6) is -1.08. The predicted octanol–water partition coefficient (Wildman–Crippen LogP) is 2.66. The quantitative estimate of drug-likeness (QED) is 0.711. The van der Waals surface area contributed by atoms with Gasteiger partial charge in [0.1, 0.15) is 17.6 Å². The summed E-state index contributed by atoms with van der Waals surface area (Å²) < 4.78 is 4.91. The Morgan fingerprint density at radius 1 is 1.28 bits per heavy atom. The van der Waals surface area contributed by atoms with Gasteiger partial charge in [0.15, 0.2) is 6.61 Å². The maximum Gasteiger partial charge on any atom is 0.325 e. The molecule has 0 bridgehead atoms. The maximum atomic E-state index is 12.1. The third kappa shape index (κ3) is 5.21. The van der Waals surface area contributed by atoms with Crippen LogP contribution in [0.1, 0.15) is 39.7 Å². The standard InChI is InChI=1S/C21H21N3O4S/c1-13-7-8-15-16(10-22)21(29-17(15)9-13)24-18(25)12-28-19(26)11-23-20(27)14-5-3-2-4-6-14/h2-6,13H,7-9,11-12H2,1H3,(H,23,27)(H,24,25)/t13-/m1/s1. The predicted molar refractivity (Wildman–Crippen MR) is 109 cm³/mol. The van der Waals surface area contributed by atoms with Gasteiger partial charge in [-0.25, -0.2) is 0 Å². The average Bonchev–Trinajstić information content (AvgIpc) is 3.06. The second-order valence-electron chi connectivity index (χ2n) is 6.93. The fourth-order valence-electron chi connectivity index (χ4n) is 3.16. The second kappa shape index (κ2) is 9.34. The van der Waals surface area contributed by atoms with E-state index in [1.54, 1.807) is 30.3 Å². The van der Waals surface area contributed by atoms with Crippen molar-refractivity contribution in [3.8, 4) is 6.07 Å². The number of benzene rings is 1. The average molecular weight is 411 g/mol. The Hall–Kier alpha value is -3.18. The molecule has 1 aromatic heterocycles. The first-order valence-corrected chi connectivity index (χ1v) is 10.1. The Bertz CT molecular complexity index is 962. The van der Waals surface area contributed by atoms with E-state index in [0.717, 1.165) is 29.7 Å². The van der Waals surface area contributed by atoms with Crippen molar-refractivity contribution in [2.24, 2.45) is 5.92 Å². The van der Waals surface area contributed by atoms with E-state index in [1.165, 1.54) is 11.3 Å². The van der Waals surface area contributed by atoms with Crippen molar-refractivity contribution in [3.05, 3.63) is 51.9 Å². The van der Waals surface area contributed by atoms with E-state index in [9.17, 15) is 19.6 Å². The number of ether oxygens (including phenoxy) is 1. The highest BCUT2D eigenvalue weighted by molar-refractivity contribution is 7.16. The number of fused-ring (bicyclic) bond motifs is 1. The van der Waals surface area contributed by atoms with Crippen LogP contribution < -0.4 is 10.6 Å². The molecule has 1 atom stereocenters. The van der Waals surface area contributed by atoms with E-state index in [-0.39, 0.29) is 6.54 Å². The van der Waals surface area contributed by atoms with Crippen LogP contribution in [0.2, 0.25) is 0 Å². The lowest BCUT2D eigenvalue weighted by Gasteiger charge is -2.17. The number of hydrogen-bond donors (Lipinski definition) is 2. The van der Waals surface area contributed by atoms with E-state index in [4.69, 9.17) is 4.74 Å². The van der Waals surface area contributed by atoms with Crippen LogP contribution in [0.4, 0.5) is 5.00 Å². The number of amides is 2. The molecule has 1 aliphatic rings. The molecule has 2 N–H and O–H groups in total. The zero-order valence-electron chi connectivity index (χ0n) is 16.0. The van der Waals surface area contributed by atoms with Crippen molar-refractivity contribution in [2.75, 3.05) is 18.5 Å². The van der Waals surface area contributed by atoms with Crippen LogP contribution in [-0.2, 0) is 27.2 Å². The first-order chi connectivity index (χ1) is 14.0. The summed E-state index contributed by atoms with van der Waals surface area (Å²) in [4.78, 5) is 37.0. The Morgan fingerprint density at radius 3 is 2.76 bits per heavy atom. The Labute approximate surface area is 172 Å². The van der Waals surface area contributed by atoms with Gasteiger partial charge in [-0.05, 0) is 42.9 Å². The molecule has 0 aliphatic heterocycles. The highest BCUT2D eigenvalue weighted by Crippen LogP contribution is 2.39. The van der Waals surface area contributed by atoms with Crippen molar-refractivity contribution in [1.29, 1.82) is 5.26 Å². The van der Waals surface area contributed by atoms with Gasteiger partial charge < -0.3 is 15.4 Å². The summed E-state index contributed by atoms with van der Waals surface area (Å²) in [7, 11) is 0. The molecule has 2 aromatic rings. The third-order valence-corrected chi connectivity index (χ3v) is 5.84. The maximum absolute atomic E-state index is 12.1. The summed E-state index contributed by atoms with van der Waals surface area (Å²) >= 11 is 1.41. The van der Waals surface area contributed by atoms with Gasteiger partial charge in [0.25, 0.3) is 11.8 Å². The van der Waals surface area contributed by atoms with Crippen molar-refractivity contribution < 1.29 is 19.1 Å². The van der Waals surface area contributed by atoms with Gasteiger partial charge in [0.2, 0.25) is 0 Å². The van der Waals surface area contributed by atoms with E-state index < -0.39 is 24.4 Å². The van der Waals surface area contributed by atoms with Crippen molar-refractivity contribution in [1.82, 2.24) is 5.32 Å². The Morgan fingerprint density at radius 2 is 2.03 bits per heavy atom. The SMILES string of the molecule is C[C@@H]1CCc2c(sc(NC(=O)COC(=O)CNC(=O)c3ccccc3)c2C#N)C1. The molecule has 8 heteroatoms. The molecule has 0 fully saturated rings. The zero-order valence-corrected chi connectivity index (χ0v) is 16.8. The molecule has 1 aromatic carbocycles. The molecule has 0 radical (unpaired) electrons. The van der Waals surface area contributed by atoms with Gasteiger partial charge in [0.05, 0.1) is 5.56 Å². The smallest absolute Gasteiger partial charge is 0.325 e. The highest BCUT2D eigenvalue weighted by Gasteiger charge is 2.24. The summed E-state index contributed by atoms with van der Waals surface area (Å²) in [6.45, 7) is 1.35. The number of carbonyl (C=O) groups excluding carboxylic acids is 3. The molecule has 150 valence electrons. The number of esters is 1. The van der Waals surface area contributed by atoms with E-state index in [2.05, 4.69) is 23.6 Å². The van der Waals surface area contributed by atoms with Crippen LogP contribution in [0.25, 0.3) is 0 Å². The minimum absolute atomic E-state index is 0.338. The van der Waals surface area contributed by atoms with E-state index >= 15 is 0 Å². The van der Waals surface area contributed by atoms with Crippen LogP contribution in [0.3, 0.4) is 0 Å².